The highest BCUT2D eigenvalue weighted by molar-refractivity contribution is 9.12. The maximum Gasteiger partial charge on any atom is 0.325 e. The number of allylic oxidation sites excluding steroid dienone is 4. The maximum absolute atomic E-state index is 10.9. The Labute approximate surface area is 89.4 Å². The van der Waals surface area contributed by atoms with Gasteiger partial charge in [0.15, 0.2) is 5.78 Å². The van der Waals surface area contributed by atoms with E-state index in [4.69, 9.17) is 0 Å². The lowest BCUT2D eigenvalue weighted by Crippen LogP contribution is -2.05. The van der Waals surface area contributed by atoms with Gasteiger partial charge in [-0.05, 0) is 34.2 Å². The quantitative estimate of drug-likeness (QED) is 0.552. The van der Waals surface area contributed by atoms with Crippen LogP contribution in [-0.2, 0) is 19.2 Å². The second-order valence-electron chi connectivity index (χ2n) is 2.48. The van der Waals surface area contributed by atoms with Crippen LogP contribution in [0.1, 0.15) is 0 Å². The van der Waals surface area contributed by atoms with Gasteiger partial charge in [0.1, 0.15) is 5.71 Å². The van der Waals surface area contributed by atoms with Crippen LogP contribution >= 0.6 is 15.9 Å². The molecule has 0 saturated heterocycles. The lowest BCUT2D eigenvalue weighted by molar-refractivity contribution is -0.110. The van der Waals surface area contributed by atoms with E-state index in [1.807, 2.05) is 0 Å². The van der Waals surface area contributed by atoms with Gasteiger partial charge in [-0.1, -0.05) is 5.16 Å². The topological polar surface area (TPSA) is 72.8 Å². The molecule has 1 aliphatic rings. The monoisotopic (exact) mass is 279 g/mol. The van der Waals surface area contributed by atoms with Crippen LogP contribution in [0.2, 0.25) is 0 Å². The van der Waals surface area contributed by atoms with Crippen molar-refractivity contribution in [3.63, 3.8) is 0 Å². The Morgan fingerprint density at radius 2 is 2.07 bits per heavy atom. The SMILES string of the molecule is CS(=O)(=O)O/N=C1\C=CC(=O)C(Br)=C1. The van der Waals surface area contributed by atoms with Crippen molar-refractivity contribution in [3.8, 4) is 0 Å². The third-order valence-corrected chi connectivity index (χ3v) is 2.16. The molecule has 7 heteroatoms. The first-order chi connectivity index (χ1) is 6.38. The molecule has 0 spiro atoms. The minimum absolute atomic E-state index is 0.205. The van der Waals surface area contributed by atoms with Gasteiger partial charge in [0.05, 0.1) is 10.7 Å². The van der Waals surface area contributed by atoms with Crippen LogP contribution < -0.4 is 0 Å². The zero-order chi connectivity index (χ0) is 10.8. The maximum atomic E-state index is 10.9. The molecule has 0 bridgehead atoms. The van der Waals surface area contributed by atoms with Crippen molar-refractivity contribution < 1.29 is 17.5 Å². The number of carbonyl (C=O) groups is 1. The highest BCUT2D eigenvalue weighted by Crippen LogP contribution is 2.12. The van der Waals surface area contributed by atoms with Gasteiger partial charge in [0.2, 0.25) is 0 Å². The Bertz CT molecular complexity index is 446. The summed E-state index contributed by atoms with van der Waals surface area (Å²) in [5, 5.41) is 3.32. The predicted molar refractivity (Wildman–Crippen MR) is 54.5 cm³/mol. The Hall–Kier alpha value is -0.950. The first-order valence-corrected chi connectivity index (χ1v) is 6.06. The molecule has 1 aliphatic carbocycles. The van der Waals surface area contributed by atoms with Crippen molar-refractivity contribution in [3.05, 3.63) is 22.7 Å². The van der Waals surface area contributed by atoms with Gasteiger partial charge < -0.3 is 0 Å². The van der Waals surface area contributed by atoms with E-state index >= 15 is 0 Å². The lowest BCUT2D eigenvalue weighted by Gasteiger charge is -2.01. The van der Waals surface area contributed by atoms with Gasteiger partial charge in [-0.15, -0.1) is 0 Å². The van der Waals surface area contributed by atoms with Crippen LogP contribution in [0.15, 0.2) is 27.9 Å². The Kier molecular flexibility index (Phi) is 3.22. The van der Waals surface area contributed by atoms with Crippen LogP contribution in [0.5, 0.6) is 0 Å². The van der Waals surface area contributed by atoms with Crippen molar-refractivity contribution in [2.24, 2.45) is 5.16 Å². The number of rotatable bonds is 2. The summed E-state index contributed by atoms with van der Waals surface area (Å²) < 4.78 is 25.6. The second-order valence-corrected chi connectivity index (χ2v) is 4.90. The summed E-state index contributed by atoms with van der Waals surface area (Å²) in [6.45, 7) is 0. The number of hydrogen-bond donors (Lipinski definition) is 0. The molecule has 0 fully saturated rings. The molecule has 14 heavy (non-hydrogen) atoms. The number of oxime groups is 1. The molecule has 1 rings (SSSR count). The van der Waals surface area contributed by atoms with E-state index in [-0.39, 0.29) is 11.5 Å². The van der Waals surface area contributed by atoms with Crippen molar-refractivity contribution in [1.29, 1.82) is 0 Å². The average Bonchev–Trinajstić information content (AvgIpc) is 2.06. The molecule has 0 heterocycles. The molecule has 0 saturated carbocycles. The van der Waals surface area contributed by atoms with E-state index in [2.05, 4.69) is 25.4 Å². The van der Waals surface area contributed by atoms with Crippen LogP contribution in [0.25, 0.3) is 0 Å². The van der Waals surface area contributed by atoms with Gasteiger partial charge in [-0.2, -0.15) is 8.42 Å². The summed E-state index contributed by atoms with van der Waals surface area (Å²) in [7, 11) is -3.61. The summed E-state index contributed by atoms with van der Waals surface area (Å²) >= 11 is 2.99. The summed E-state index contributed by atoms with van der Waals surface area (Å²) in [4.78, 5) is 10.9. The van der Waals surface area contributed by atoms with Crippen molar-refractivity contribution in [2.75, 3.05) is 6.26 Å². The van der Waals surface area contributed by atoms with Crippen molar-refractivity contribution in [2.45, 2.75) is 0 Å². The summed E-state index contributed by atoms with van der Waals surface area (Å²) in [6.07, 6.45) is 4.87. The highest BCUT2D eigenvalue weighted by Gasteiger charge is 2.09. The molecule has 0 aromatic heterocycles. The van der Waals surface area contributed by atoms with E-state index in [0.29, 0.717) is 4.48 Å². The summed E-state index contributed by atoms with van der Waals surface area (Å²) in [5.41, 5.74) is 0.252. The third kappa shape index (κ3) is 3.43. The van der Waals surface area contributed by atoms with Gasteiger partial charge >= 0.3 is 10.1 Å². The van der Waals surface area contributed by atoms with E-state index in [9.17, 15) is 13.2 Å². The van der Waals surface area contributed by atoms with Crippen molar-refractivity contribution in [1.82, 2.24) is 0 Å². The number of halogens is 1. The molecule has 0 aliphatic heterocycles. The van der Waals surface area contributed by atoms with Crippen LogP contribution in [0.4, 0.5) is 0 Å². The zero-order valence-corrected chi connectivity index (χ0v) is 9.50. The zero-order valence-electron chi connectivity index (χ0n) is 7.10. The summed E-state index contributed by atoms with van der Waals surface area (Å²) in [6, 6.07) is 0. The molecule has 0 N–H and O–H groups in total. The number of carbonyl (C=O) groups excluding carboxylic acids is 1. The Morgan fingerprint density at radius 1 is 1.43 bits per heavy atom. The fraction of sp³-hybridized carbons (Fsp3) is 0.143. The van der Waals surface area contributed by atoms with Crippen molar-refractivity contribution >= 4 is 37.5 Å². The number of hydrogen-bond acceptors (Lipinski definition) is 5. The van der Waals surface area contributed by atoms with Gasteiger partial charge in [0.25, 0.3) is 0 Å². The molecule has 76 valence electrons. The minimum Gasteiger partial charge on any atom is -0.289 e. The molecule has 5 nitrogen and oxygen atoms in total. The molecule has 0 unspecified atom stereocenters. The van der Waals surface area contributed by atoms with Gasteiger partial charge in [-0.3, -0.25) is 9.08 Å². The van der Waals surface area contributed by atoms with Crippen LogP contribution in [0.3, 0.4) is 0 Å². The van der Waals surface area contributed by atoms with Crippen LogP contribution in [0, 0.1) is 0 Å². The average molecular weight is 280 g/mol. The molecule has 0 radical (unpaired) electrons. The summed E-state index contributed by atoms with van der Waals surface area (Å²) in [5.74, 6) is -0.205. The lowest BCUT2D eigenvalue weighted by atomic mass is 10.2. The Balaban J connectivity index is 2.83. The standard InChI is InChI=1S/C7H6BrNO4S/c1-14(11,12)13-9-5-2-3-7(10)6(8)4-5/h2-4H,1H3/b9-5+. The fourth-order valence-electron chi connectivity index (χ4n) is 0.657. The number of nitrogens with zero attached hydrogens (tertiary/aromatic N) is 1. The van der Waals surface area contributed by atoms with Gasteiger partial charge in [-0.25, -0.2) is 0 Å². The first-order valence-electron chi connectivity index (χ1n) is 3.45. The van der Waals surface area contributed by atoms with E-state index in [1.165, 1.54) is 18.2 Å². The second kappa shape index (κ2) is 4.05. The third-order valence-electron chi connectivity index (χ3n) is 1.19. The molecule has 0 atom stereocenters. The molecular formula is C7H6BrNO4S. The minimum atomic E-state index is -3.61. The van der Waals surface area contributed by atoms with E-state index in [1.54, 1.807) is 0 Å². The number of ketones is 1. The van der Waals surface area contributed by atoms with Gasteiger partial charge in [0, 0.05) is 0 Å². The molecule has 0 aromatic carbocycles. The smallest absolute Gasteiger partial charge is 0.289 e. The Morgan fingerprint density at radius 3 is 2.57 bits per heavy atom. The molecular weight excluding hydrogens is 274 g/mol. The normalized spacial score (nSPS) is 19.7. The largest absolute Gasteiger partial charge is 0.325 e. The van der Waals surface area contributed by atoms with E-state index in [0.717, 1.165) is 6.26 Å². The van der Waals surface area contributed by atoms with Crippen LogP contribution in [-0.4, -0.2) is 26.2 Å². The predicted octanol–water partition coefficient (Wildman–Crippen LogP) is 0.736. The van der Waals surface area contributed by atoms with E-state index < -0.39 is 10.1 Å². The molecule has 0 aromatic rings. The highest BCUT2D eigenvalue weighted by atomic mass is 79.9. The fourth-order valence-corrected chi connectivity index (χ4v) is 1.25. The first kappa shape index (κ1) is 11.1. The molecule has 0 amide bonds.